The summed E-state index contributed by atoms with van der Waals surface area (Å²) in [5, 5.41) is 6.10. The van der Waals surface area contributed by atoms with Crippen LogP contribution in [0.5, 0.6) is 5.75 Å². The fourth-order valence-corrected chi connectivity index (χ4v) is 3.32. The number of para-hydroxylation sites is 1. The lowest BCUT2D eigenvalue weighted by atomic mass is 10.1. The van der Waals surface area contributed by atoms with Crippen LogP contribution in [-0.4, -0.2) is 42.0 Å². The van der Waals surface area contributed by atoms with Gasteiger partial charge in [0.2, 0.25) is 5.91 Å². The van der Waals surface area contributed by atoms with Crippen molar-refractivity contribution in [1.29, 1.82) is 0 Å². The highest BCUT2D eigenvalue weighted by Crippen LogP contribution is 2.19. The summed E-state index contributed by atoms with van der Waals surface area (Å²) in [7, 11) is 1.51. The van der Waals surface area contributed by atoms with Gasteiger partial charge in [0.1, 0.15) is 11.8 Å². The van der Waals surface area contributed by atoms with Crippen LogP contribution >= 0.6 is 23.1 Å². The second-order valence-corrected chi connectivity index (χ2v) is 7.49. The molecule has 0 aliphatic carbocycles. The van der Waals surface area contributed by atoms with Crippen molar-refractivity contribution in [2.24, 2.45) is 0 Å². The Bertz CT molecular complexity index is 733. The molecule has 0 spiro atoms. The summed E-state index contributed by atoms with van der Waals surface area (Å²) >= 11 is 3.02. The first-order valence-corrected chi connectivity index (χ1v) is 9.92. The van der Waals surface area contributed by atoms with E-state index in [0.29, 0.717) is 22.9 Å². The van der Waals surface area contributed by atoms with Gasteiger partial charge in [0.05, 0.1) is 12.7 Å². The minimum atomic E-state index is -0.644. The summed E-state index contributed by atoms with van der Waals surface area (Å²) in [6.07, 6.45) is 4.18. The van der Waals surface area contributed by atoms with Gasteiger partial charge in [0.25, 0.3) is 5.91 Å². The molecule has 6 nitrogen and oxygen atoms in total. The van der Waals surface area contributed by atoms with Crippen LogP contribution in [0, 0.1) is 6.92 Å². The third-order valence-corrected chi connectivity index (χ3v) is 4.91. The van der Waals surface area contributed by atoms with Crippen LogP contribution in [0.4, 0.5) is 5.13 Å². The van der Waals surface area contributed by atoms with Crippen LogP contribution in [-0.2, 0) is 4.79 Å². The van der Waals surface area contributed by atoms with Gasteiger partial charge in [0.15, 0.2) is 5.13 Å². The number of carbonyl (C=O) groups excluding carboxylic acids is 2. The zero-order valence-corrected chi connectivity index (χ0v) is 16.0. The molecule has 1 aromatic heterocycles. The second kappa shape index (κ2) is 9.43. The van der Waals surface area contributed by atoms with Crippen LogP contribution < -0.4 is 15.4 Å². The van der Waals surface area contributed by atoms with Crippen molar-refractivity contribution >= 4 is 40.0 Å². The minimum Gasteiger partial charge on any atom is -0.496 e. The Hall–Kier alpha value is -2.06. The maximum atomic E-state index is 12.6. The predicted octanol–water partition coefficient (Wildman–Crippen LogP) is 2.95. The molecule has 0 aliphatic heterocycles. The van der Waals surface area contributed by atoms with E-state index in [2.05, 4.69) is 15.6 Å². The quantitative estimate of drug-likeness (QED) is 0.737. The lowest BCUT2D eigenvalue weighted by Gasteiger charge is -2.18. The number of nitrogens with zero attached hydrogens (tertiary/aromatic N) is 1. The summed E-state index contributed by atoms with van der Waals surface area (Å²) in [5.74, 6) is 0.613. The average molecular weight is 380 g/mol. The Kier molecular flexibility index (Phi) is 7.27. The normalized spacial score (nSPS) is 11.6. The number of methoxy groups -OCH3 is 1. The molecule has 25 heavy (non-hydrogen) atoms. The fraction of sp³-hybridized carbons (Fsp3) is 0.353. The van der Waals surface area contributed by atoms with Crippen molar-refractivity contribution in [1.82, 2.24) is 10.3 Å². The molecule has 0 bridgehead atoms. The summed E-state index contributed by atoms with van der Waals surface area (Å²) in [6, 6.07) is 6.28. The Labute approximate surface area is 155 Å². The molecule has 1 heterocycles. The van der Waals surface area contributed by atoms with Gasteiger partial charge >= 0.3 is 0 Å². The van der Waals surface area contributed by atoms with E-state index >= 15 is 0 Å². The number of carbonyl (C=O) groups is 2. The number of anilines is 1. The van der Waals surface area contributed by atoms with Crippen molar-refractivity contribution in [2.75, 3.05) is 24.4 Å². The summed E-state index contributed by atoms with van der Waals surface area (Å²) in [5.41, 5.74) is 0.400. The number of aromatic nitrogens is 1. The van der Waals surface area contributed by atoms with E-state index in [9.17, 15) is 9.59 Å². The van der Waals surface area contributed by atoms with E-state index in [1.807, 2.05) is 13.2 Å². The molecule has 0 saturated carbocycles. The highest BCUT2D eigenvalue weighted by Gasteiger charge is 2.23. The molecule has 134 valence electrons. The fourth-order valence-electron chi connectivity index (χ4n) is 2.18. The monoisotopic (exact) mass is 379 g/mol. The molecule has 0 fully saturated rings. The van der Waals surface area contributed by atoms with Gasteiger partial charge in [-0.1, -0.05) is 12.1 Å². The lowest BCUT2D eigenvalue weighted by Crippen LogP contribution is -2.44. The van der Waals surface area contributed by atoms with Gasteiger partial charge in [-0.3, -0.25) is 9.59 Å². The van der Waals surface area contributed by atoms with Crippen molar-refractivity contribution in [3.05, 3.63) is 40.9 Å². The number of hydrogen-bond donors (Lipinski definition) is 2. The molecule has 0 aliphatic rings. The zero-order valence-electron chi connectivity index (χ0n) is 14.4. The maximum absolute atomic E-state index is 12.6. The molecule has 2 amide bonds. The highest BCUT2D eigenvalue weighted by molar-refractivity contribution is 7.98. The first-order valence-electron chi connectivity index (χ1n) is 7.71. The molecule has 0 radical (unpaired) electrons. The third kappa shape index (κ3) is 5.47. The number of hydrogen-bond acceptors (Lipinski definition) is 6. The van der Waals surface area contributed by atoms with Gasteiger partial charge in [-0.05, 0) is 37.5 Å². The molecular weight excluding hydrogens is 358 g/mol. The Morgan fingerprint density at radius 2 is 2.12 bits per heavy atom. The van der Waals surface area contributed by atoms with Crippen molar-refractivity contribution in [3.63, 3.8) is 0 Å². The van der Waals surface area contributed by atoms with Crippen LogP contribution in [0.1, 0.15) is 21.7 Å². The van der Waals surface area contributed by atoms with Crippen molar-refractivity contribution in [3.8, 4) is 5.75 Å². The number of thioether (sulfide) groups is 1. The first-order chi connectivity index (χ1) is 12.0. The Morgan fingerprint density at radius 1 is 1.36 bits per heavy atom. The Morgan fingerprint density at radius 3 is 2.76 bits per heavy atom. The molecule has 1 aromatic carbocycles. The zero-order chi connectivity index (χ0) is 18.2. The van der Waals surface area contributed by atoms with Crippen molar-refractivity contribution < 1.29 is 14.3 Å². The second-order valence-electron chi connectivity index (χ2n) is 5.27. The van der Waals surface area contributed by atoms with E-state index in [0.717, 1.165) is 10.6 Å². The van der Waals surface area contributed by atoms with Gasteiger partial charge in [-0.25, -0.2) is 4.98 Å². The molecule has 8 heteroatoms. The highest BCUT2D eigenvalue weighted by atomic mass is 32.2. The largest absolute Gasteiger partial charge is 0.496 e. The number of aryl methyl sites for hydroxylation is 1. The molecule has 2 N–H and O–H groups in total. The maximum Gasteiger partial charge on any atom is 0.255 e. The predicted molar refractivity (Wildman–Crippen MR) is 103 cm³/mol. The van der Waals surface area contributed by atoms with Gasteiger partial charge < -0.3 is 15.4 Å². The van der Waals surface area contributed by atoms with Crippen LogP contribution in [0.2, 0.25) is 0 Å². The smallest absolute Gasteiger partial charge is 0.255 e. The van der Waals surface area contributed by atoms with Crippen LogP contribution in [0.25, 0.3) is 0 Å². The standard InChI is InChI=1S/C17H21N3O3S2/c1-11-10-18-17(25-11)20-16(22)13(8-9-24-3)19-15(21)12-6-4-5-7-14(12)23-2/h4-7,10,13H,8-9H2,1-3H3,(H,19,21)(H,18,20,22). The van der Waals surface area contributed by atoms with Gasteiger partial charge in [-0.15, -0.1) is 11.3 Å². The minimum absolute atomic E-state index is 0.272. The molecule has 2 rings (SSSR count). The average Bonchev–Trinajstić information content (AvgIpc) is 3.02. The number of rotatable bonds is 8. The number of thiazole rings is 1. The number of ether oxygens (including phenoxy) is 1. The summed E-state index contributed by atoms with van der Waals surface area (Å²) < 4.78 is 5.21. The van der Waals surface area contributed by atoms with E-state index < -0.39 is 6.04 Å². The van der Waals surface area contributed by atoms with Crippen LogP contribution in [0.15, 0.2) is 30.5 Å². The molecule has 2 aromatic rings. The summed E-state index contributed by atoms with van der Waals surface area (Å²) in [6.45, 7) is 1.92. The third-order valence-electron chi connectivity index (χ3n) is 3.44. The molecule has 1 atom stereocenters. The molecule has 0 saturated heterocycles. The van der Waals surface area contributed by atoms with Gasteiger partial charge in [0, 0.05) is 11.1 Å². The SMILES string of the molecule is COc1ccccc1C(=O)NC(CCSC)C(=O)Nc1ncc(C)s1. The molecule has 1 unspecified atom stereocenters. The first kappa shape index (κ1) is 19.3. The number of benzene rings is 1. The molecular formula is C17H21N3O3S2. The number of amides is 2. The topological polar surface area (TPSA) is 80.3 Å². The number of nitrogens with one attached hydrogen (secondary N) is 2. The van der Waals surface area contributed by atoms with Gasteiger partial charge in [-0.2, -0.15) is 11.8 Å². The van der Waals surface area contributed by atoms with Crippen molar-refractivity contribution in [2.45, 2.75) is 19.4 Å². The van der Waals surface area contributed by atoms with E-state index in [-0.39, 0.29) is 11.8 Å². The van der Waals surface area contributed by atoms with E-state index in [1.54, 1.807) is 42.2 Å². The lowest BCUT2D eigenvalue weighted by molar-refractivity contribution is -0.118. The van der Waals surface area contributed by atoms with E-state index in [1.165, 1.54) is 18.4 Å². The summed E-state index contributed by atoms with van der Waals surface area (Å²) in [4.78, 5) is 30.3. The van der Waals surface area contributed by atoms with E-state index in [4.69, 9.17) is 4.74 Å². The van der Waals surface area contributed by atoms with Crippen LogP contribution in [0.3, 0.4) is 0 Å². The Balaban J connectivity index is 2.10.